The van der Waals surface area contributed by atoms with E-state index in [-0.39, 0.29) is 5.78 Å². The van der Waals surface area contributed by atoms with Crippen LogP contribution in [-0.2, 0) is 11.3 Å². The summed E-state index contributed by atoms with van der Waals surface area (Å²) in [6.45, 7) is 3.16. The van der Waals surface area contributed by atoms with Crippen LogP contribution >= 0.6 is 0 Å². The minimum absolute atomic E-state index is 0.126. The lowest BCUT2D eigenvalue weighted by Gasteiger charge is -2.10. The molecule has 5 heteroatoms. The Labute approximate surface area is 89.2 Å². The third-order valence-electron chi connectivity index (χ3n) is 2.25. The first-order chi connectivity index (χ1) is 7.20. The van der Waals surface area contributed by atoms with Gasteiger partial charge in [0.25, 0.3) is 0 Å². The lowest BCUT2D eigenvalue weighted by atomic mass is 10.1. The Morgan fingerprint density at radius 3 is 3.07 bits per heavy atom. The monoisotopic (exact) mass is 211 g/mol. The van der Waals surface area contributed by atoms with E-state index in [2.05, 4.69) is 4.98 Å². The van der Waals surface area contributed by atoms with Gasteiger partial charge >= 0.3 is 0 Å². The number of rotatable bonds is 6. The second-order valence-electron chi connectivity index (χ2n) is 3.29. The number of aromatic nitrogens is 2. The van der Waals surface area contributed by atoms with Crippen LogP contribution in [-0.4, -0.2) is 35.1 Å². The van der Waals surface area contributed by atoms with E-state index in [1.165, 1.54) is 0 Å². The molecule has 1 aromatic rings. The van der Waals surface area contributed by atoms with E-state index in [9.17, 15) is 4.79 Å². The van der Waals surface area contributed by atoms with E-state index < -0.39 is 6.04 Å². The molecule has 5 nitrogen and oxygen atoms in total. The number of hydrogen-bond acceptors (Lipinski definition) is 4. The second kappa shape index (κ2) is 5.63. The van der Waals surface area contributed by atoms with Crippen molar-refractivity contribution in [1.82, 2.24) is 9.55 Å². The predicted octanol–water partition coefficient (Wildman–Crippen LogP) is 0.449. The predicted molar refractivity (Wildman–Crippen MR) is 56.7 cm³/mol. The van der Waals surface area contributed by atoms with Gasteiger partial charge in [0, 0.05) is 32.7 Å². The van der Waals surface area contributed by atoms with Crippen LogP contribution in [0.4, 0.5) is 0 Å². The van der Waals surface area contributed by atoms with Crippen molar-refractivity contribution >= 4 is 5.78 Å². The topological polar surface area (TPSA) is 70.1 Å². The molecule has 0 aliphatic carbocycles. The van der Waals surface area contributed by atoms with Crippen molar-refractivity contribution in [3.8, 4) is 0 Å². The summed E-state index contributed by atoms with van der Waals surface area (Å²) >= 11 is 0. The molecule has 84 valence electrons. The molecule has 0 bridgehead atoms. The molecule has 0 saturated carbocycles. The van der Waals surface area contributed by atoms with Gasteiger partial charge in [-0.1, -0.05) is 0 Å². The summed E-state index contributed by atoms with van der Waals surface area (Å²) in [4.78, 5) is 15.8. The van der Waals surface area contributed by atoms with Crippen LogP contribution in [0.2, 0.25) is 0 Å². The number of nitrogens with zero attached hydrogens (tertiary/aromatic N) is 2. The Morgan fingerprint density at radius 2 is 2.47 bits per heavy atom. The van der Waals surface area contributed by atoms with Crippen molar-refractivity contribution in [2.75, 3.05) is 13.7 Å². The molecule has 0 fully saturated rings. The van der Waals surface area contributed by atoms with Crippen molar-refractivity contribution < 1.29 is 9.53 Å². The smallest absolute Gasteiger partial charge is 0.214 e. The van der Waals surface area contributed by atoms with Gasteiger partial charge in [-0.05, 0) is 13.3 Å². The number of hydrogen-bond donors (Lipinski definition) is 1. The Bertz CT molecular complexity index is 322. The third-order valence-corrected chi connectivity index (χ3v) is 2.25. The number of Topliss-reactive ketones (excluding diaryl/α,β-unsaturated/α-hetero) is 1. The van der Waals surface area contributed by atoms with Gasteiger partial charge in [-0.3, -0.25) is 4.79 Å². The first-order valence-corrected chi connectivity index (χ1v) is 5.00. The Balaban J connectivity index is 2.67. The summed E-state index contributed by atoms with van der Waals surface area (Å²) < 4.78 is 6.66. The SMILES string of the molecule is CCn1ccnc1C(=O)C(N)CCOC. The molecule has 15 heavy (non-hydrogen) atoms. The van der Waals surface area contributed by atoms with Crippen molar-refractivity contribution in [3.63, 3.8) is 0 Å². The van der Waals surface area contributed by atoms with Crippen LogP contribution in [0.5, 0.6) is 0 Å². The van der Waals surface area contributed by atoms with Crippen LogP contribution < -0.4 is 5.73 Å². The van der Waals surface area contributed by atoms with Crippen LogP contribution in [0.15, 0.2) is 12.4 Å². The fourth-order valence-corrected chi connectivity index (χ4v) is 1.33. The van der Waals surface area contributed by atoms with Crippen molar-refractivity contribution in [3.05, 3.63) is 18.2 Å². The number of ether oxygens (including phenoxy) is 1. The van der Waals surface area contributed by atoms with Crippen molar-refractivity contribution in [2.45, 2.75) is 25.9 Å². The van der Waals surface area contributed by atoms with E-state index in [1.807, 2.05) is 6.92 Å². The van der Waals surface area contributed by atoms with Gasteiger partial charge in [0.2, 0.25) is 5.78 Å². The zero-order valence-corrected chi connectivity index (χ0v) is 9.14. The van der Waals surface area contributed by atoms with Gasteiger partial charge in [-0.25, -0.2) is 4.98 Å². The first-order valence-electron chi connectivity index (χ1n) is 5.00. The minimum Gasteiger partial charge on any atom is -0.385 e. The average molecular weight is 211 g/mol. The molecule has 1 unspecified atom stereocenters. The van der Waals surface area contributed by atoms with Crippen LogP contribution in [0, 0.1) is 0 Å². The maximum atomic E-state index is 11.8. The van der Waals surface area contributed by atoms with Crippen LogP contribution in [0.25, 0.3) is 0 Å². The van der Waals surface area contributed by atoms with E-state index in [1.54, 1.807) is 24.1 Å². The highest BCUT2D eigenvalue weighted by Crippen LogP contribution is 2.03. The molecule has 0 amide bonds. The zero-order valence-electron chi connectivity index (χ0n) is 9.14. The highest BCUT2D eigenvalue weighted by atomic mass is 16.5. The molecule has 1 aromatic heterocycles. The van der Waals surface area contributed by atoms with Gasteiger partial charge in [-0.2, -0.15) is 0 Å². The van der Waals surface area contributed by atoms with Crippen molar-refractivity contribution in [1.29, 1.82) is 0 Å². The number of aryl methyl sites for hydroxylation is 1. The first kappa shape index (κ1) is 11.9. The summed E-state index contributed by atoms with van der Waals surface area (Å²) in [5.41, 5.74) is 5.74. The molecular formula is C10H17N3O2. The molecule has 0 aliphatic rings. The normalized spacial score (nSPS) is 12.7. The second-order valence-corrected chi connectivity index (χ2v) is 3.29. The third kappa shape index (κ3) is 2.87. The maximum Gasteiger partial charge on any atom is 0.214 e. The Kier molecular flexibility index (Phi) is 4.45. The maximum absolute atomic E-state index is 11.8. The van der Waals surface area contributed by atoms with Gasteiger partial charge in [-0.15, -0.1) is 0 Å². The molecular weight excluding hydrogens is 194 g/mol. The van der Waals surface area contributed by atoms with Crippen molar-refractivity contribution in [2.24, 2.45) is 5.73 Å². The Morgan fingerprint density at radius 1 is 1.73 bits per heavy atom. The minimum atomic E-state index is -0.530. The molecule has 1 rings (SSSR count). The van der Waals surface area contributed by atoms with Gasteiger partial charge in [0.1, 0.15) is 0 Å². The number of carbonyl (C=O) groups excluding carboxylic acids is 1. The van der Waals surface area contributed by atoms with Gasteiger partial charge in [0.05, 0.1) is 6.04 Å². The number of methoxy groups -OCH3 is 1. The molecule has 0 spiro atoms. The molecule has 1 heterocycles. The van der Waals surface area contributed by atoms with Crippen LogP contribution in [0.3, 0.4) is 0 Å². The standard InChI is InChI=1S/C10H17N3O2/c1-3-13-6-5-12-10(13)9(14)8(11)4-7-15-2/h5-6,8H,3-4,7,11H2,1-2H3. The van der Waals surface area contributed by atoms with E-state index in [4.69, 9.17) is 10.5 Å². The number of imidazole rings is 1. The molecule has 1 atom stereocenters. The van der Waals surface area contributed by atoms with Gasteiger partial charge in [0.15, 0.2) is 5.82 Å². The average Bonchev–Trinajstić information content (AvgIpc) is 2.72. The molecule has 0 aliphatic heterocycles. The molecule has 2 N–H and O–H groups in total. The fourth-order valence-electron chi connectivity index (χ4n) is 1.33. The molecule has 0 radical (unpaired) electrons. The lowest BCUT2D eigenvalue weighted by Crippen LogP contribution is -2.33. The zero-order chi connectivity index (χ0) is 11.3. The summed E-state index contributed by atoms with van der Waals surface area (Å²) in [7, 11) is 1.59. The largest absolute Gasteiger partial charge is 0.385 e. The fraction of sp³-hybridized carbons (Fsp3) is 0.600. The Hall–Kier alpha value is -1.20. The quantitative estimate of drug-likeness (QED) is 0.693. The number of carbonyl (C=O) groups is 1. The van der Waals surface area contributed by atoms with E-state index in [0.717, 1.165) is 6.54 Å². The summed E-state index contributed by atoms with van der Waals surface area (Å²) in [5.74, 6) is 0.306. The van der Waals surface area contributed by atoms with Crippen LogP contribution in [0.1, 0.15) is 24.0 Å². The van der Waals surface area contributed by atoms with E-state index >= 15 is 0 Å². The highest BCUT2D eigenvalue weighted by Gasteiger charge is 2.19. The summed E-state index contributed by atoms with van der Waals surface area (Å²) in [6.07, 6.45) is 3.90. The number of nitrogens with two attached hydrogens (primary N) is 1. The summed E-state index contributed by atoms with van der Waals surface area (Å²) in [6, 6.07) is -0.530. The molecule has 0 aromatic carbocycles. The summed E-state index contributed by atoms with van der Waals surface area (Å²) in [5, 5.41) is 0. The van der Waals surface area contributed by atoms with E-state index in [0.29, 0.717) is 18.9 Å². The van der Waals surface area contributed by atoms with Gasteiger partial charge < -0.3 is 15.0 Å². The highest BCUT2D eigenvalue weighted by molar-refractivity contribution is 5.97. The molecule has 0 saturated heterocycles. The number of ketones is 1. The lowest BCUT2D eigenvalue weighted by molar-refractivity contribution is 0.0921.